The summed E-state index contributed by atoms with van der Waals surface area (Å²) in [5, 5.41) is 12.5. The molecule has 1 saturated carbocycles. The number of carbonyl (C=O) groups excluding carboxylic acids is 1. The van der Waals surface area contributed by atoms with Crippen molar-refractivity contribution in [3.05, 3.63) is 24.0 Å². The van der Waals surface area contributed by atoms with Gasteiger partial charge in [0.2, 0.25) is 5.91 Å². The van der Waals surface area contributed by atoms with Gasteiger partial charge >= 0.3 is 0 Å². The predicted octanol–water partition coefficient (Wildman–Crippen LogP) is 4.17. The van der Waals surface area contributed by atoms with Gasteiger partial charge in [-0.15, -0.1) is 10.2 Å². The molecule has 0 bridgehead atoms. The van der Waals surface area contributed by atoms with Gasteiger partial charge in [-0.1, -0.05) is 43.9 Å². The smallest absolute Gasteiger partial charge is 0.234 e. The fourth-order valence-corrected chi connectivity index (χ4v) is 4.59. The average molecular weight is 419 g/mol. The van der Waals surface area contributed by atoms with Gasteiger partial charge in [0.25, 0.3) is 0 Å². The van der Waals surface area contributed by atoms with Crippen LogP contribution >= 0.6 is 11.8 Å². The highest BCUT2D eigenvalue weighted by atomic mass is 32.2. The van der Waals surface area contributed by atoms with Gasteiger partial charge in [-0.05, 0) is 25.0 Å². The number of anilines is 1. The zero-order chi connectivity index (χ0) is 20.6. The standard InChI is InChI=1S/C21H30N4O3S/c1-4-25-19(12-15-8-6-5-7-9-15)23-24-21(25)29-14-20(26)22-17-13-16(27-2)10-11-18(17)28-3/h10-11,13,15H,4-9,12,14H2,1-3H3,(H,22,26). The summed E-state index contributed by atoms with van der Waals surface area (Å²) in [7, 11) is 3.16. The summed E-state index contributed by atoms with van der Waals surface area (Å²) in [5.41, 5.74) is 0.590. The van der Waals surface area contributed by atoms with E-state index in [9.17, 15) is 4.79 Å². The Kier molecular flexibility index (Phi) is 7.80. The molecule has 0 aliphatic heterocycles. The maximum absolute atomic E-state index is 12.5. The summed E-state index contributed by atoms with van der Waals surface area (Å²) in [6.45, 7) is 2.90. The molecule has 1 aliphatic rings. The van der Waals surface area contributed by atoms with Crippen LogP contribution in [0.5, 0.6) is 11.5 Å². The van der Waals surface area contributed by atoms with Crippen LogP contribution in [0.3, 0.4) is 0 Å². The summed E-state index contributed by atoms with van der Waals surface area (Å²) in [5.74, 6) is 3.13. The van der Waals surface area contributed by atoms with Crippen LogP contribution in [0.1, 0.15) is 44.9 Å². The molecule has 1 fully saturated rings. The van der Waals surface area contributed by atoms with Crippen molar-refractivity contribution in [2.75, 3.05) is 25.3 Å². The van der Waals surface area contributed by atoms with Gasteiger partial charge in [0.15, 0.2) is 5.16 Å². The summed E-state index contributed by atoms with van der Waals surface area (Å²) >= 11 is 1.41. The molecule has 158 valence electrons. The van der Waals surface area contributed by atoms with E-state index in [4.69, 9.17) is 9.47 Å². The van der Waals surface area contributed by atoms with Crippen LogP contribution in [0, 0.1) is 5.92 Å². The van der Waals surface area contributed by atoms with E-state index in [0.717, 1.165) is 23.9 Å². The lowest BCUT2D eigenvalue weighted by Gasteiger charge is -2.21. The molecule has 0 unspecified atom stereocenters. The van der Waals surface area contributed by atoms with E-state index in [1.54, 1.807) is 32.4 Å². The van der Waals surface area contributed by atoms with E-state index < -0.39 is 0 Å². The summed E-state index contributed by atoms with van der Waals surface area (Å²) < 4.78 is 12.7. The molecule has 1 aromatic heterocycles. The van der Waals surface area contributed by atoms with E-state index >= 15 is 0 Å². The van der Waals surface area contributed by atoms with Crippen LogP contribution in [0.15, 0.2) is 23.4 Å². The maximum Gasteiger partial charge on any atom is 0.234 e. The number of methoxy groups -OCH3 is 2. The van der Waals surface area contributed by atoms with Gasteiger partial charge in [-0.25, -0.2) is 0 Å². The Morgan fingerprint density at radius 1 is 1.21 bits per heavy atom. The summed E-state index contributed by atoms with van der Waals surface area (Å²) in [4.78, 5) is 12.5. The van der Waals surface area contributed by atoms with Gasteiger partial charge in [-0.3, -0.25) is 4.79 Å². The third-order valence-corrected chi connectivity index (χ3v) is 6.29. The molecular formula is C21H30N4O3S. The van der Waals surface area contributed by atoms with E-state index in [1.807, 2.05) is 0 Å². The number of benzene rings is 1. The van der Waals surface area contributed by atoms with Crippen LogP contribution in [0.25, 0.3) is 0 Å². The maximum atomic E-state index is 12.5. The van der Waals surface area contributed by atoms with Crippen molar-refractivity contribution in [2.24, 2.45) is 5.92 Å². The molecule has 1 amide bonds. The third kappa shape index (κ3) is 5.65. The molecule has 1 N–H and O–H groups in total. The SMILES string of the molecule is CCn1c(CC2CCCCC2)nnc1SCC(=O)Nc1cc(OC)ccc1OC. The minimum atomic E-state index is -0.124. The third-order valence-electron chi connectivity index (χ3n) is 5.32. The number of amides is 1. The fraction of sp³-hybridized carbons (Fsp3) is 0.571. The molecular weight excluding hydrogens is 388 g/mol. The molecule has 0 saturated heterocycles. The zero-order valence-corrected chi connectivity index (χ0v) is 18.3. The van der Waals surface area contributed by atoms with Gasteiger partial charge in [-0.2, -0.15) is 0 Å². The molecule has 1 aromatic carbocycles. The van der Waals surface area contributed by atoms with Gasteiger partial charge in [0.1, 0.15) is 17.3 Å². The number of nitrogens with zero attached hydrogens (tertiary/aromatic N) is 3. The Balaban J connectivity index is 1.60. The Bertz CT molecular complexity index is 818. The molecule has 0 radical (unpaired) electrons. The second-order valence-electron chi connectivity index (χ2n) is 7.25. The first kappa shape index (κ1) is 21.5. The fourth-order valence-electron chi connectivity index (χ4n) is 3.77. The summed E-state index contributed by atoms with van der Waals surface area (Å²) in [6.07, 6.45) is 7.54. The molecule has 8 heteroatoms. The minimum Gasteiger partial charge on any atom is -0.497 e. The number of carbonyl (C=O) groups is 1. The van der Waals surface area contributed by atoms with E-state index in [-0.39, 0.29) is 11.7 Å². The molecule has 0 spiro atoms. The van der Waals surface area contributed by atoms with E-state index in [1.165, 1.54) is 43.9 Å². The largest absolute Gasteiger partial charge is 0.497 e. The van der Waals surface area contributed by atoms with Gasteiger partial charge in [0, 0.05) is 19.0 Å². The van der Waals surface area contributed by atoms with Crippen LogP contribution < -0.4 is 14.8 Å². The van der Waals surface area contributed by atoms with Crippen molar-refractivity contribution in [1.29, 1.82) is 0 Å². The first-order chi connectivity index (χ1) is 14.1. The first-order valence-corrected chi connectivity index (χ1v) is 11.2. The first-order valence-electron chi connectivity index (χ1n) is 10.2. The second kappa shape index (κ2) is 10.5. The molecule has 29 heavy (non-hydrogen) atoms. The lowest BCUT2D eigenvalue weighted by atomic mass is 9.87. The highest BCUT2D eigenvalue weighted by Gasteiger charge is 2.19. The quantitative estimate of drug-likeness (QED) is 0.616. The molecule has 1 aliphatic carbocycles. The van der Waals surface area contributed by atoms with Crippen molar-refractivity contribution in [3.63, 3.8) is 0 Å². The second-order valence-corrected chi connectivity index (χ2v) is 8.20. The topological polar surface area (TPSA) is 78.3 Å². The van der Waals surface area contributed by atoms with Crippen LogP contribution in [0.2, 0.25) is 0 Å². The number of hydrogen-bond acceptors (Lipinski definition) is 6. The molecule has 0 atom stereocenters. The number of hydrogen-bond donors (Lipinski definition) is 1. The number of rotatable bonds is 9. The number of ether oxygens (including phenoxy) is 2. The normalized spacial score (nSPS) is 14.6. The summed E-state index contributed by atoms with van der Waals surface area (Å²) in [6, 6.07) is 5.31. The molecule has 7 nitrogen and oxygen atoms in total. The van der Waals surface area contributed by atoms with Crippen LogP contribution in [0.4, 0.5) is 5.69 Å². The van der Waals surface area contributed by atoms with Crippen molar-refractivity contribution in [2.45, 2.75) is 57.1 Å². The zero-order valence-electron chi connectivity index (χ0n) is 17.4. The van der Waals surface area contributed by atoms with Crippen LogP contribution in [-0.4, -0.2) is 40.6 Å². The minimum absolute atomic E-state index is 0.124. The van der Waals surface area contributed by atoms with Crippen molar-refractivity contribution in [3.8, 4) is 11.5 Å². The lowest BCUT2D eigenvalue weighted by molar-refractivity contribution is -0.113. The number of thioether (sulfide) groups is 1. The van der Waals surface area contributed by atoms with E-state index in [2.05, 4.69) is 27.0 Å². The van der Waals surface area contributed by atoms with Crippen molar-refractivity contribution in [1.82, 2.24) is 14.8 Å². The number of aromatic nitrogens is 3. The number of nitrogens with one attached hydrogen (secondary N) is 1. The monoisotopic (exact) mass is 418 g/mol. The molecule has 2 aromatic rings. The average Bonchev–Trinajstić information content (AvgIpc) is 3.14. The Morgan fingerprint density at radius 3 is 2.69 bits per heavy atom. The molecule has 3 rings (SSSR count). The Hall–Kier alpha value is -2.22. The highest BCUT2D eigenvalue weighted by molar-refractivity contribution is 7.99. The van der Waals surface area contributed by atoms with Gasteiger partial charge in [0.05, 0.1) is 25.7 Å². The Morgan fingerprint density at radius 2 is 2.00 bits per heavy atom. The van der Waals surface area contributed by atoms with Gasteiger partial charge < -0.3 is 19.4 Å². The Labute approximate surface area is 176 Å². The van der Waals surface area contributed by atoms with Crippen molar-refractivity contribution >= 4 is 23.4 Å². The molecule has 1 heterocycles. The lowest BCUT2D eigenvalue weighted by Crippen LogP contribution is -2.16. The van der Waals surface area contributed by atoms with Crippen molar-refractivity contribution < 1.29 is 14.3 Å². The predicted molar refractivity (Wildman–Crippen MR) is 115 cm³/mol. The van der Waals surface area contributed by atoms with E-state index in [0.29, 0.717) is 23.1 Å². The van der Waals surface area contributed by atoms with Crippen LogP contribution in [-0.2, 0) is 17.8 Å². The highest BCUT2D eigenvalue weighted by Crippen LogP contribution is 2.30.